The van der Waals surface area contributed by atoms with Crippen LogP contribution in [0.3, 0.4) is 0 Å². The van der Waals surface area contributed by atoms with Gasteiger partial charge in [0.25, 0.3) is 11.8 Å². The molecule has 1 fully saturated rings. The number of carbonyl (C=O) groups excluding carboxylic acids is 3. The van der Waals surface area contributed by atoms with Crippen LogP contribution in [0.25, 0.3) is 0 Å². The average Bonchev–Trinajstić information content (AvgIpc) is 2.81. The SMILES string of the molecule is CCCNC(=O)C(NC(=O)c1cccc(C)c1)C1CCN(C(=O)c2ccc(F)cc2)CC1. The number of carbonyl (C=O) groups is 3. The van der Waals surface area contributed by atoms with Gasteiger partial charge in [-0.25, -0.2) is 4.39 Å². The van der Waals surface area contributed by atoms with Crippen LogP contribution in [-0.2, 0) is 4.79 Å². The van der Waals surface area contributed by atoms with E-state index in [-0.39, 0.29) is 29.5 Å². The van der Waals surface area contributed by atoms with Gasteiger partial charge in [0, 0.05) is 30.8 Å². The number of piperidine rings is 1. The summed E-state index contributed by atoms with van der Waals surface area (Å²) in [5.74, 6) is -1.10. The highest BCUT2D eigenvalue weighted by atomic mass is 19.1. The first-order chi connectivity index (χ1) is 15.4. The van der Waals surface area contributed by atoms with Crippen LogP contribution < -0.4 is 10.6 Å². The van der Waals surface area contributed by atoms with E-state index in [0.29, 0.717) is 43.6 Å². The second-order valence-electron chi connectivity index (χ2n) is 8.25. The summed E-state index contributed by atoms with van der Waals surface area (Å²) < 4.78 is 13.1. The van der Waals surface area contributed by atoms with Gasteiger partial charge >= 0.3 is 0 Å². The summed E-state index contributed by atoms with van der Waals surface area (Å²) in [6.45, 7) is 5.37. The van der Waals surface area contributed by atoms with Crippen molar-refractivity contribution in [3.8, 4) is 0 Å². The number of nitrogens with one attached hydrogen (secondary N) is 2. The first-order valence-corrected chi connectivity index (χ1v) is 11.1. The van der Waals surface area contributed by atoms with E-state index in [1.54, 1.807) is 17.0 Å². The molecular formula is C25H30FN3O3. The van der Waals surface area contributed by atoms with Crippen LogP contribution in [0.2, 0.25) is 0 Å². The van der Waals surface area contributed by atoms with Crippen molar-refractivity contribution in [3.05, 3.63) is 71.0 Å². The minimum absolute atomic E-state index is 0.0853. The number of likely N-dealkylation sites (tertiary alicyclic amines) is 1. The normalized spacial score (nSPS) is 15.2. The van der Waals surface area contributed by atoms with E-state index in [1.807, 2.05) is 26.0 Å². The zero-order chi connectivity index (χ0) is 23.1. The Morgan fingerprint density at radius 1 is 1.06 bits per heavy atom. The number of nitrogens with zero attached hydrogens (tertiary/aromatic N) is 1. The Morgan fingerprint density at radius 3 is 2.38 bits per heavy atom. The fourth-order valence-corrected chi connectivity index (χ4v) is 3.98. The Balaban J connectivity index is 1.67. The molecule has 1 atom stereocenters. The number of benzene rings is 2. The summed E-state index contributed by atoms with van der Waals surface area (Å²) >= 11 is 0. The summed E-state index contributed by atoms with van der Waals surface area (Å²) in [6.07, 6.45) is 1.98. The van der Waals surface area contributed by atoms with E-state index in [9.17, 15) is 18.8 Å². The molecule has 0 aliphatic carbocycles. The van der Waals surface area contributed by atoms with Crippen molar-refractivity contribution in [2.24, 2.45) is 5.92 Å². The topological polar surface area (TPSA) is 78.5 Å². The summed E-state index contributed by atoms with van der Waals surface area (Å²) in [4.78, 5) is 40.1. The largest absolute Gasteiger partial charge is 0.354 e. The van der Waals surface area contributed by atoms with Gasteiger partial charge in [-0.3, -0.25) is 14.4 Å². The maximum Gasteiger partial charge on any atom is 0.253 e. The van der Waals surface area contributed by atoms with Crippen molar-refractivity contribution in [1.82, 2.24) is 15.5 Å². The third-order valence-corrected chi connectivity index (χ3v) is 5.79. The molecule has 1 aliphatic heterocycles. The van der Waals surface area contributed by atoms with Crippen LogP contribution in [0.4, 0.5) is 4.39 Å². The first kappa shape index (κ1) is 23.4. The third-order valence-electron chi connectivity index (χ3n) is 5.79. The summed E-state index contributed by atoms with van der Waals surface area (Å²) in [7, 11) is 0. The number of hydrogen-bond donors (Lipinski definition) is 2. The van der Waals surface area contributed by atoms with Gasteiger partial charge in [-0.1, -0.05) is 24.6 Å². The van der Waals surface area contributed by atoms with Crippen LogP contribution in [0.15, 0.2) is 48.5 Å². The van der Waals surface area contributed by atoms with Crippen molar-refractivity contribution in [2.75, 3.05) is 19.6 Å². The number of hydrogen-bond acceptors (Lipinski definition) is 3. The molecule has 0 radical (unpaired) electrons. The molecule has 6 nitrogen and oxygen atoms in total. The van der Waals surface area contributed by atoms with Gasteiger partial charge in [-0.05, 0) is 68.5 Å². The molecule has 2 aromatic rings. The number of amides is 3. The Labute approximate surface area is 188 Å². The average molecular weight is 440 g/mol. The molecule has 0 aromatic heterocycles. The lowest BCUT2D eigenvalue weighted by molar-refractivity contribution is -0.124. The second-order valence-corrected chi connectivity index (χ2v) is 8.25. The summed E-state index contributed by atoms with van der Waals surface area (Å²) in [5.41, 5.74) is 1.93. The van der Waals surface area contributed by atoms with E-state index >= 15 is 0 Å². The van der Waals surface area contributed by atoms with Crippen LogP contribution in [-0.4, -0.2) is 48.3 Å². The van der Waals surface area contributed by atoms with Crippen molar-refractivity contribution in [3.63, 3.8) is 0 Å². The quantitative estimate of drug-likeness (QED) is 0.695. The predicted molar refractivity (Wildman–Crippen MR) is 121 cm³/mol. The molecule has 2 aromatic carbocycles. The molecule has 1 unspecified atom stereocenters. The van der Waals surface area contributed by atoms with Gasteiger partial charge in [-0.15, -0.1) is 0 Å². The van der Waals surface area contributed by atoms with Crippen LogP contribution in [0.5, 0.6) is 0 Å². The van der Waals surface area contributed by atoms with Crippen molar-refractivity contribution in [1.29, 1.82) is 0 Å². The molecular weight excluding hydrogens is 409 g/mol. The Bertz CT molecular complexity index is 953. The van der Waals surface area contributed by atoms with E-state index in [0.717, 1.165) is 12.0 Å². The van der Waals surface area contributed by atoms with Crippen molar-refractivity contribution in [2.45, 2.75) is 39.2 Å². The number of rotatable bonds is 7. The molecule has 32 heavy (non-hydrogen) atoms. The van der Waals surface area contributed by atoms with Gasteiger partial charge in [0.15, 0.2) is 0 Å². The van der Waals surface area contributed by atoms with Gasteiger partial charge < -0.3 is 15.5 Å². The lowest BCUT2D eigenvalue weighted by Gasteiger charge is -2.36. The fraction of sp³-hybridized carbons (Fsp3) is 0.400. The van der Waals surface area contributed by atoms with E-state index < -0.39 is 6.04 Å². The smallest absolute Gasteiger partial charge is 0.253 e. The number of aryl methyl sites for hydroxylation is 1. The Morgan fingerprint density at radius 2 is 1.75 bits per heavy atom. The minimum Gasteiger partial charge on any atom is -0.354 e. The molecule has 0 saturated carbocycles. The summed E-state index contributed by atoms with van der Waals surface area (Å²) in [5, 5.41) is 5.82. The molecule has 1 aliphatic rings. The molecule has 0 spiro atoms. The molecule has 2 N–H and O–H groups in total. The molecule has 1 heterocycles. The maximum atomic E-state index is 13.1. The zero-order valence-electron chi connectivity index (χ0n) is 18.6. The van der Waals surface area contributed by atoms with Crippen LogP contribution >= 0.6 is 0 Å². The first-order valence-electron chi connectivity index (χ1n) is 11.1. The van der Waals surface area contributed by atoms with Gasteiger partial charge in [0.2, 0.25) is 5.91 Å². The highest BCUT2D eigenvalue weighted by Crippen LogP contribution is 2.23. The highest BCUT2D eigenvalue weighted by molar-refractivity contribution is 5.98. The van der Waals surface area contributed by atoms with Gasteiger partial charge in [0.05, 0.1) is 0 Å². The van der Waals surface area contributed by atoms with E-state index in [4.69, 9.17) is 0 Å². The number of halogens is 1. The fourth-order valence-electron chi connectivity index (χ4n) is 3.98. The van der Waals surface area contributed by atoms with Crippen molar-refractivity contribution < 1.29 is 18.8 Å². The molecule has 3 rings (SSSR count). The molecule has 7 heteroatoms. The minimum atomic E-state index is -0.669. The lowest BCUT2D eigenvalue weighted by Crippen LogP contribution is -2.54. The zero-order valence-corrected chi connectivity index (χ0v) is 18.6. The lowest BCUT2D eigenvalue weighted by atomic mass is 9.88. The van der Waals surface area contributed by atoms with E-state index in [1.165, 1.54) is 24.3 Å². The Hall–Kier alpha value is -3.22. The highest BCUT2D eigenvalue weighted by Gasteiger charge is 2.34. The molecule has 3 amide bonds. The second kappa shape index (κ2) is 10.9. The molecule has 170 valence electrons. The molecule has 1 saturated heterocycles. The van der Waals surface area contributed by atoms with E-state index in [2.05, 4.69) is 10.6 Å². The van der Waals surface area contributed by atoms with Crippen LogP contribution in [0.1, 0.15) is 52.5 Å². The van der Waals surface area contributed by atoms with Crippen LogP contribution in [0, 0.1) is 18.7 Å². The Kier molecular flexibility index (Phi) is 7.98. The maximum absolute atomic E-state index is 13.1. The van der Waals surface area contributed by atoms with Crippen molar-refractivity contribution >= 4 is 17.7 Å². The monoisotopic (exact) mass is 439 g/mol. The van der Waals surface area contributed by atoms with Gasteiger partial charge in [-0.2, -0.15) is 0 Å². The molecule has 0 bridgehead atoms. The van der Waals surface area contributed by atoms with Gasteiger partial charge in [0.1, 0.15) is 11.9 Å². The third kappa shape index (κ3) is 5.93. The summed E-state index contributed by atoms with van der Waals surface area (Å²) in [6, 6.07) is 12.1. The standard InChI is InChI=1S/C25H30FN3O3/c1-3-13-27-24(31)22(28-23(30)20-6-4-5-17(2)16-20)18-11-14-29(15-12-18)25(32)19-7-9-21(26)10-8-19/h4-10,16,18,22H,3,11-15H2,1-2H3,(H,27,31)(H,28,30). The predicted octanol–water partition coefficient (Wildman–Crippen LogP) is 3.31.